The van der Waals surface area contributed by atoms with Crippen LogP contribution in [0.3, 0.4) is 0 Å². The van der Waals surface area contributed by atoms with Gasteiger partial charge in [0.2, 0.25) is 0 Å². The van der Waals surface area contributed by atoms with E-state index in [1.807, 2.05) is 0 Å². The monoisotopic (exact) mass is 241 g/mol. The number of aldehydes is 1. The third kappa shape index (κ3) is 4.17. The lowest BCUT2D eigenvalue weighted by atomic mass is 9.95. The van der Waals surface area contributed by atoms with Crippen LogP contribution in [-0.2, 0) is 14.3 Å². The second kappa shape index (κ2) is 5.29. The van der Waals surface area contributed by atoms with Crippen molar-refractivity contribution in [2.24, 2.45) is 5.92 Å². The Bertz CT molecular complexity index is 319. The van der Waals surface area contributed by atoms with Crippen LogP contribution in [0.4, 0.5) is 4.79 Å². The molecular weight excluding hydrogens is 222 g/mol. The van der Waals surface area contributed by atoms with Crippen molar-refractivity contribution in [1.82, 2.24) is 4.90 Å². The van der Waals surface area contributed by atoms with Crippen LogP contribution in [0.5, 0.6) is 0 Å². The van der Waals surface area contributed by atoms with E-state index in [1.165, 1.54) is 4.90 Å². The van der Waals surface area contributed by atoms with Crippen LogP contribution in [0.25, 0.3) is 0 Å². The lowest BCUT2D eigenvalue weighted by molar-refractivity contribution is -0.133. The van der Waals surface area contributed by atoms with Gasteiger partial charge in [-0.15, -0.1) is 0 Å². The standard InChI is InChI=1S/C12H19NO4/c1-12(2,3)17-11(16)13-6-4-5-9(7-13)10(15)8-14/h8-9H,4-7H2,1-3H3. The third-order valence-electron chi connectivity index (χ3n) is 2.59. The molecule has 0 radical (unpaired) electrons. The minimum absolute atomic E-state index is 0.284. The fourth-order valence-corrected chi connectivity index (χ4v) is 1.80. The first-order valence-electron chi connectivity index (χ1n) is 5.80. The fraction of sp³-hybridized carbons (Fsp3) is 0.750. The molecule has 1 rings (SSSR count). The van der Waals surface area contributed by atoms with Gasteiger partial charge in [0.05, 0.1) is 0 Å². The fourth-order valence-electron chi connectivity index (χ4n) is 1.80. The number of carbonyl (C=O) groups is 3. The van der Waals surface area contributed by atoms with Crippen molar-refractivity contribution in [2.75, 3.05) is 13.1 Å². The molecule has 96 valence electrons. The zero-order valence-corrected chi connectivity index (χ0v) is 10.6. The maximum Gasteiger partial charge on any atom is 0.410 e. The summed E-state index contributed by atoms with van der Waals surface area (Å²) in [5.74, 6) is -0.799. The average molecular weight is 241 g/mol. The first kappa shape index (κ1) is 13.7. The van der Waals surface area contributed by atoms with Crippen molar-refractivity contribution in [3.63, 3.8) is 0 Å². The summed E-state index contributed by atoms with van der Waals surface area (Å²) in [6.45, 7) is 6.25. The Morgan fingerprint density at radius 1 is 1.35 bits per heavy atom. The summed E-state index contributed by atoms with van der Waals surface area (Å²) in [5, 5.41) is 0. The quantitative estimate of drug-likeness (QED) is 0.541. The largest absolute Gasteiger partial charge is 0.444 e. The highest BCUT2D eigenvalue weighted by Gasteiger charge is 2.30. The Morgan fingerprint density at radius 3 is 2.53 bits per heavy atom. The van der Waals surface area contributed by atoms with Crippen LogP contribution < -0.4 is 0 Å². The molecule has 1 atom stereocenters. The van der Waals surface area contributed by atoms with Crippen LogP contribution in [0, 0.1) is 5.92 Å². The molecule has 5 nitrogen and oxygen atoms in total. The van der Waals surface area contributed by atoms with E-state index in [2.05, 4.69) is 0 Å². The number of ketones is 1. The number of piperidine rings is 1. The highest BCUT2D eigenvalue weighted by molar-refractivity contribution is 6.26. The van der Waals surface area contributed by atoms with Gasteiger partial charge in [-0.05, 0) is 33.6 Å². The van der Waals surface area contributed by atoms with Crippen LogP contribution in [0.15, 0.2) is 0 Å². The number of rotatable bonds is 2. The summed E-state index contributed by atoms with van der Waals surface area (Å²) in [6, 6.07) is 0. The maximum atomic E-state index is 11.8. The molecule has 0 aromatic heterocycles. The second-order valence-corrected chi connectivity index (χ2v) is 5.29. The number of amides is 1. The van der Waals surface area contributed by atoms with E-state index in [4.69, 9.17) is 4.74 Å². The van der Waals surface area contributed by atoms with Crippen molar-refractivity contribution in [3.8, 4) is 0 Å². The minimum Gasteiger partial charge on any atom is -0.444 e. The van der Waals surface area contributed by atoms with Crippen molar-refractivity contribution in [1.29, 1.82) is 0 Å². The minimum atomic E-state index is -0.543. The molecule has 1 heterocycles. The number of hydrogen-bond acceptors (Lipinski definition) is 4. The number of nitrogens with zero attached hydrogens (tertiary/aromatic N) is 1. The molecular formula is C12H19NO4. The number of likely N-dealkylation sites (tertiary alicyclic amines) is 1. The van der Waals surface area contributed by atoms with Crippen molar-refractivity contribution in [3.05, 3.63) is 0 Å². The summed E-state index contributed by atoms with van der Waals surface area (Å²) >= 11 is 0. The molecule has 1 saturated heterocycles. The van der Waals surface area contributed by atoms with Gasteiger partial charge in [-0.2, -0.15) is 0 Å². The molecule has 1 aliphatic heterocycles. The molecule has 1 fully saturated rings. The van der Waals surface area contributed by atoms with Gasteiger partial charge in [0.25, 0.3) is 0 Å². The normalized spacial score (nSPS) is 20.9. The molecule has 1 amide bonds. The molecule has 0 aliphatic carbocycles. The molecule has 0 aromatic rings. The van der Waals surface area contributed by atoms with Crippen molar-refractivity contribution < 1.29 is 19.1 Å². The van der Waals surface area contributed by atoms with E-state index < -0.39 is 17.5 Å². The Hall–Kier alpha value is -1.39. The molecule has 1 aliphatic rings. The number of hydrogen-bond donors (Lipinski definition) is 0. The van der Waals surface area contributed by atoms with Crippen LogP contribution in [0.1, 0.15) is 33.6 Å². The van der Waals surface area contributed by atoms with Gasteiger partial charge in [-0.1, -0.05) is 0 Å². The number of ether oxygens (including phenoxy) is 1. The summed E-state index contributed by atoms with van der Waals surface area (Å²) in [4.78, 5) is 35.0. The van der Waals surface area contributed by atoms with E-state index in [0.29, 0.717) is 19.3 Å². The first-order valence-corrected chi connectivity index (χ1v) is 5.80. The van der Waals surface area contributed by atoms with E-state index in [0.717, 1.165) is 6.42 Å². The van der Waals surface area contributed by atoms with Crippen LogP contribution in [0.2, 0.25) is 0 Å². The highest BCUT2D eigenvalue weighted by Crippen LogP contribution is 2.19. The zero-order valence-electron chi connectivity index (χ0n) is 10.6. The number of carbonyl (C=O) groups excluding carboxylic acids is 3. The van der Waals surface area contributed by atoms with Gasteiger partial charge in [0.15, 0.2) is 12.1 Å². The zero-order chi connectivity index (χ0) is 13.1. The predicted molar refractivity (Wildman–Crippen MR) is 61.6 cm³/mol. The van der Waals surface area contributed by atoms with Gasteiger partial charge >= 0.3 is 6.09 Å². The van der Waals surface area contributed by atoms with E-state index in [1.54, 1.807) is 20.8 Å². The topological polar surface area (TPSA) is 63.7 Å². The number of Topliss-reactive ketones (excluding diaryl/α,β-unsaturated/α-hetero) is 1. The van der Waals surface area contributed by atoms with Gasteiger partial charge in [-0.3, -0.25) is 9.59 Å². The van der Waals surface area contributed by atoms with Crippen molar-refractivity contribution in [2.45, 2.75) is 39.2 Å². The summed E-state index contributed by atoms with van der Waals surface area (Å²) < 4.78 is 5.23. The summed E-state index contributed by atoms with van der Waals surface area (Å²) in [6.07, 6.45) is 1.31. The molecule has 1 unspecified atom stereocenters. The lowest BCUT2D eigenvalue weighted by Gasteiger charge is -2.32. The van der Waals surface area contributed by atoms with Gasteiger partial charge in [0, 0.05) is 19.0 Å². The van der Waals surface area contributed by atoms with E-state index >= 15 is 0 Å². The Morgan fingerprint density at radius 2 is 2.00 bits per heavy atom. The van der Waals surface area contributed by atoms with Crippen LogP contribution >= 0.6 is 0 Å². The highest BCUT2D eigenvalue weighted by atomic mass is 16.6. The van der Waals surface area contributed by atoms with Gasteiger partial charge in [0.1, 0.15) is 5.60 Å². The summed E-state index contributed by atoms with van der Waals surface area (Å²) in [5.41, 5.74) is -0.543. The Labute approximate surface area is 101 Å². The smallest absolute Gasteiger partial charge is 0.410 e. The summed E-state index contributed by atoms with van der Waals surface area (Å²) in [7, 11) is 0. The predicted octanol–water partition coefficient (Wildman–Crippen LogP) is 1.40. The van der Waals surface area contributed by atoms with Crippen LogP contribution in [-0.4, -0.2) is 41.8 Å². The molecule has 0 aromatic carbocycles. The molecule has 17 heavy (non-hydrogen) atoms. The van der Waals surface area contributed by atoms with Gasteiger partial charge < -0.3 is 9.64 Å². The van der Waals surface area contributed by atoms with E-state index in [9.17, 15) is 14.4 Å². The molecule has 5 heteroatoms. The SMILES string of the molecule is CC(C)(C)OC(=O)N1CCCC(C(=O)C=O)C1. The van der Waals surface area contributed by atoms with Crippen molar-refractivity contribution >= 4 is 18.2 Å². The Balaban J connectivity index is 2.57. The maximum absolute atomic E-state index is 11.8. The molecule has 0 N–H and O–H groups in total. The van der Waals surface area contributed by atoms with Gasteiger partial charge in [-0.25, -0.2) is 4.79 Å². The molecule has 0 spiro atoms. The molecule has 0 saturated carbocycles. The first-order chi connectivity index (χ1) is 7.83. The van der Waals surface area contributed by atoms with E-state index in [-0.39, 0.29) is 12.5 Å². The second-order valence-electron chi connectivity index (χ2n) is 5.29. The average Bonchev–Trinajstić information content (AvgIpc) is 2.26. The lowest BCUT2D eigenvalue weighted by Crippen LogP contribution is -2.44. The third-order valence-corrected chi connectivity index (χ3v) is 2.59. The molecule has 0 bridgehead atoms. The Kier molecular flexibility index (Phi) is 4.26.